The van der Waals surface area contributed by atoms with E-state index < -0.39 is 0 Å². The van der Waals surface area contributed by atoms with Gasteiger partial charge in [0.25, 0.3) is 0 Å². The third-order valence-corrected chi connectivity index (χ3v) is 6.45. The summed E-state index contributed by atoms with van der Waals surface area (Å²) >= 11 is 0. The summed E-state index contributed by atoms with van der Waals surface area (Å²) in [6, 6.07) is 8.20. The zero-order valence-corrected chi connectivity index (χ0v) is 20.0. The molecule has 2 fully saturated rings. The fourth-order valence-electron chi connectivity index (χ4n) is 4.66. The number of nitrogens with zero attached hydrogens (tertiary/aromatic N) is 3. The van der Waals surface area contributed by atoms with Crippen LogP contribution in [0.2, 0.25) is 0 Å². The Morgan fingerprint density at radius 3 is 2.33 bits per heavy atom. The predicted molar refractivity (Wildman–Crippen MR) is 135 cm³/mol. The summed E-state index contributed by atoms with van der Waals surface area (Å²) < 4.78 is 11.5. The molecule has 6 heteroatoms. The van der Waals surface area contributed by atoms with Crippen LogP contribution in [0.1, 0.15) is 19.8 Å². The zero-order chi connectivity index (χ0) is 23.6. The van der Waals surface area contributed by atoms with E-state index in [0.717, 1.165) is 56.0 Å². The van der Waals surface area contributed by atoms with E-state index in [1.165, 1.54) is 0 Å². The lowest BCUT2D eigenvalue weighted by Crippen LogP contribution is -2.54. The molecule has 2 saturated heterocycles. The van der Waals surface area contributed by atoms with E-state index in [0.29, 0.717) is 19.0 Å². The van der Waals surface area contributed by atoms with Crippen LogP contribution in [-0.2, 0) is 4.74 Å². The van der Waals surface area contributed by atoms with Gasteiger partial charge in [-0.3, -0.25) is 0 Å². The Morgan fingerprint density at radius 2 is 1.73 bits per heavy atom. The fourth-order valence-corrected chi connectivity index (χ4v) is 4.66. The summed E-state index contributed by atoms with van der Waals surface area (Å²) in [5.41, 5.74) is 2.12. The van der Waals surface area contributed by atoms with Crippen LogP contribution < -0.4 is 9.64 Å². The van der Waals surface area contributed by atoms with Crippen molar-refractivity contribution >= 4 is 11.7 Å². The van der Waals surface area contributed by atoms with E-state index in [2.05, 4.69) is 24.1 Å². The molecule has 0 bridgehead atoms. The Morgan fingerprint density at radius 1 is 1.06 bits per heavy atom. The van der Waals surface area contributed by atoms with E-state index in [-0.39, 0.29) is 12.1 Å². The molecule has 0 saturated carbocycles. The molecule has 1 unspecified atom stereocenters. The van der Waals surface area contributed by atoms with Gasteiger partial charge in [-0.15, -0.1) is 0 Å². The van der Waals surface area contributed by atoms with Crippen LogP contribution in [0.3, 0.4) is 0 Å². The van der Waals surface area contributed by atoms with Crippen molar-refractivity contribution in [3.05, 3.63) is 73.6 Å². The van der Waals surface area contributed by atoms with Gasteiger partial charge in [0.1, 0.15) is 11.9 Å². The van der Waals surface area contributed by atoms with Gasteiger partial charge < -0.3 is 24.2 Å². The maximum atomic E-state index is 13.2. The number of ether oxygens (including phenoxy) is 2. The summed E-state index contributed by atoms with van der Waals surface area (Å²) in [5, 5.41) is 0. The van der Waals surface area contributed by atoms with Crippen molar-refractivity contribution in [2.45, 2.75) is 25.9 Å². The average molecular weight is 452 g/mol. The van der Waals surface area contributed by atoms with E-state index in [1.807, 2.05) is 53.2 Å². The lowest BCUT2D eigenvalue weighted by Gasteiger charge is -2.41. The molecule has 2 aliphatic rings. The van der Waals surface area contributed by atoms with Gasteiger partial charge in [-0.25, -0.2) is 4.79 Å². The topological polar surface area (TPSA) is 45.2 Å². The molecule has 2 heterocycles. The highest BCUT2D eigenvalue weighted by Crippen LogP contribution is 2.30. The number of hydrogen-bond acceptors (Lipinski definition) is 4. The van der Waals surface area contributed by atoms with Crippen LogP contribution in [0.4, 0.5) is 10.5 Å². The summed E-state index contributed by atoms with van der Waals surface area (Å²) in [5.74, 6) is 1.20. The number of amides is 2. The lowest BCUT2D eigenvalue weighted by atomic mass is 9.87. The van der Waals surface area contributed by atoms with Crippen LogP contribution >= 0.6 is 0 Å². The molecule has 178 valence electrons. The van der Waals surface area contributed by atoms with Crippen molar-refractivity contribution < 1.29 is 14.3 Å². The van der Waals surface area contributed by atoms with Gasteiger partial charge in [0.2, 0.25) is 0 Å². The molecule has 33 heavy (non-hydrogen) atoms. The standard InChI is InChI=1S/C27H37N3O3/c1-5-10-22(7-3)26(33-21-6-2)23-13-15-29(16-14-23)27(31)30-19-17-28(18-20-30)24-11-8-9-12-25(24)32-4/h5-12,21,23,26H,1,3,13-20H2,2,4H3/b21-6+,22-10+. The first-order valence-electron chi connectivity index (χ1n) is 11.8. The third kappa shape index (κ3) is 6.01. The number of para-hydroxylation sites is 2. The van der Waals surface area contributed by atoms with Crippen LogP contribution in [0.5, 0.6) is 5.75 Å². The fraction of sp³-hybridized carbons (Fsp3) is 0.444. The van der Waals surface area contributed by atoms with Gasteiger partial charge in [0.15, 0.2) is 0 Å². The van der Waals surface area contributed by atoms with Gasteiger partial charge in [0.05, 0.1) is 19.1 Å². The SMILES string of the molecule is C=C/C=C(\C=C)C(O/C=C/C)C1CCN(C(=O)N2CCN(c3ccccc3OC)CC2)CC1. The highest BCUT2D eigenvalue weighted by atomic mass is 16.5. The maximum absolute atomic E-state index is 13.2. The zero-order valence-electron chi connectivity index (χ0n) is 20.0. The molecule has 0 aromatic heterocycles. The van der Waals surface area contributed by atoms with Crippen molar-refractivity contribution in [2.75, 3.05) is 51.3 Å². The van der Waals surface area contributed by atoms with Crippen molar-refractivity contribution in [1.82, 2.24) is 9.80 Å². The van der Waals surface area contributed by atoms with Crippen molar-refractivity contribution in [3.8, 4) is 5.75 Å². The summed E-state index contributed by atoms with van der Waals surface area (Å²) in [6.45, 7) is 14.2. The molecule has 3 rings (SSSR count). The van der Waals surface area contributed by atoms with Crippen molar-refractivity contribution in [2.24, 2.45) is 5.92 Å². The highest BCUT2D eigenvalue weighted by molar-refractivity contribution is 5.75. The van der Waals surface area contributed by atoms with E-state index >= 15 is 0 Å². The van der Waals surface area contributed by atoms with Crippen LogP contribution in [-0.4, -0.2) is 68.3 Å². The quantitative estimate of drug-likeness (QED) is 0.418. The predicted octanol–water partition coefficient (Wildman–Crippen LogP) is 4.87. The molecule has 0 radical (unpaired) electrons. The first-order valence-corrected chi connectivity index (χ1v) is 11.8. The van der Waals surface area contributed by atoms with Crippen LogP contribution in [0, 0.1) is 5.92 Å². The second-order valence-corrected chi connectivity index (χ2v) is 8.39. The number of rotatable bonds is 8. The monoisotopic (exact) mass is 451 g/mol. The van der Waals surface area contributed by atoms with Crippen LogP contribution in [0.25, 0.3) is 0 Å². The number of carbonyl (C=O) groups is 1. The lowest BCUT2D eigenvalue weighted by molar-refractivity contribution is 0.0706. The van der Waals surface area contributed by atoms with Gasteiger partial charge in [-0.1, -0.05) is 49.6 Å². The maximum Gasteiger partial charge on any atom is 0.320 e. The van der Waals surface area contributed by atoms with Gasteiger partial charge in [-0.2, -0.15) is 0 Å². The Kier molecular flexibility index (Phi) is 9.04. The minimum atomic E-state index is -0.0710. The first kappa shape index (κ1) is 24.5. The first-order chi connectivity index (χ1) is 16.1. The molecule has 6 nitrogen and oxygen atoms in total. The van der Waals surface area contributed by atoms with Gasteiger partial charge in [-0.05, 0) is 37.5 Å². The normalized spacial score (nSPS) is 18.8. The average Bonchev–Trinajstić information content (AvgIpc) is 2.88. The number of piperidine rings is 1. The molecule has 0 N–H and O–H groups in total. The number of carbonyl (C=O) groups excluding carboxylic acids is 1. The number of benzene rings is 1. The largest absolute Gasteiger partial charge is 0.495 e. The molecule has 1 atom stereocenters. The number of hydrogen-bond donors (Lipinski definition) is 0. The molecule has 0 aliphatic carbocycles. The van der Waals surface area contributed by atoms with Crippen LogP contribution in [0.15, 0.2) is 73.6 Å². The number of likely N-dealkylation sites (tertiary alicyclic amines) is 1. The highest BCUT2D eigenvalue weighted by Gasteiger charge is 2.33. The smallest absolute Gasteiger partial charge is 0.320 e. The Hall–Kier alpha value is -3.15. The Balaban J connectivity index is 1.55. The second kappa shape index (κ2) is 12.2. The van der Waals surface area contributed by atoms with Gasteiger partial charge >= 0.3 is 6.03 Å². The number of methoxy groups -OCH3 is 1. The molecular weight excluding hydrogens is 414 g/mol. The minimum Gasteiger partial charge on any atom is -0.495 e. The third-order valence-electron chi connectivity index (χ3n) is 6.45. The number of piperazine rings is 1. The number of urea groups is 1. The van der Waals surface area contributed by atoms with Crippen molar-refractivity contribution in [3.63, 3.8) is 0 Å². The van der Waals surface area contributed by atoms with Gasteiger partial charge in [0, 0.05) is 45.2 Å². The minimum absolute atomic E-state index is 0.0710. The Bertz CT molecular complexity index is 863. The number of allylic oxidation sites excluding steroid dienone is 3. The molecule has 1 aromatic carbocycles. The summed E-state index contributed by atoms with van der Waals surface area (Å²) in [6.07, 6.45) is 10.9. The molecule has 0 spiro atoms. The van der Waals surface area contributed by atoms with Crippen molar-refractivity contribution in [1.29, 1.82) is 0 Å². The molecule has 1 aromatic rings. The number of anilines is 1. The molecule has 2 amide bonds. The summed E-state index contributed by atoms with van der Waals surface area (Å²) in [7, 11) is 1.70. The molecular formula is C27H37N3O3. The van der Waals surface area contributed by atoms with E-state index in [1.54, 1.807) is 19.4 Å². The summed E-state index contributed by atoms with van der Waals surface area (Å²) in [4.78, 5) is 19.5. The molecule has 2 aliphatic heterocycles. The Labute approximate surface area is 198 Å². The second-order valence-electron chi connectivity index (χ2n) is 8.39. The van der Waals surface area contributed by atoms with E-state index in [4.69, 9.17) is 9.47 Å². The van der Waals surface area contributed by atoms with E-state index in [9.17, 15) is 4.79 Å².